The van der Waals surface area contributed by atoms with E-state index in [-0.39, 0.29) is 0 Å². The standard InChI is InChI=1S/C6H10BNO2/c8-6-4-2-1-3-5-7(9)10/h3,5,9-10H,1-2,4H2. The van der Waals surface area contributed by atoms with E-state index in [9.17, 15) is 0 Å². The van der Waals surface area contributed by atoms with Gasteiger partial charge in [-0.15, -0.1) is 0 Å². The van der Waals surface area contributed by atoms with Gasteiger partial charge in [0.05, 0.1) is 6.07 Å². The van der Waals surface area contributed by atoms with Crippen LogP contribution in [-0.4, -0.2) is 17.2 Å². The second kappa shape index (κ2) is 6.34. The average Bonchev–Trinajstić information content (AvgIpc) is 1.87. The zero-order valence-corrected chi connectivity index (χ0v) is 5.70. The van der Waals surface area contributed by atoms with E-state index >= 15 is 0 Å². The molecule has 0 unspecified atom stereocenters. The van der Waals surface area contributed by atoms with Crippen molar-refractivity contribution >= 4 is 7.12 Å². The molecular formula is C6H10BNO2. The number of allylic oxidation sites excluding steroid dienone is 1. The van der Waals surface area contributed by atoms with Crippen molar-refractivity contribution in [2.75, 3.05) is 0 Å². The number of unbranched alkanes of at least 4 members (excludes halogenated alkanes) is 2. The number of hydrogen-bond acceptors (Lipinski definition) is 3. The van der Waals surface area contributed by atoms with Crippen LogP contribution in [0.2, 0.25) is 0 Å². The summed E-state index contributed by atoms with van der Waals surface area (Å²) in [5.74, 6) is 1.29. The molecule has 54 valence electrons. The van der Waals surface area contributed by atoms with Crippen molar-refractivity contribution in [1.29, 1.82) is 5.26 Å². The van der Waals surface area contributed by atoms with Crippen molar-refractivity contribution in [2.45, 2.75) is 19.3 Å². The van der Waals surface area contributed by atoms with E-state index in [1.165, 1.54) is 5.98 Å². The molecule has 0 radical (unpaired) electrons. The predicted octanol–water partition coefficient (Wildman–Crippen LogP) is 0.248. The number of rotatable bonds is 4. The maximum Gasteiger partial charge on any atom is 0.480 e. The lowest BCUT2D eigenvalue weighted by molar-refractivity contribution is 0.424. The molecule has 2 N–H and O–H groups in total. The molecular weight excluding hydrogens is 129 g/mol. The summed E-state index contributed by atoms with van der Waals surface area (Å²) >= 11 is 0. The van der Waals surface area contributed by atoms with Crippen LogP contribution in [0.4, 0.5) is 0 Å². The Bertz CT molecular complexity index is 139. The van der Waals surface area contributed by atoms with E-state index in [1.54, 1.807) is 6.08 Å². The molecule has 0 aromatic rings. The lowest BCUT2D eigenvalue weighted by Gasteiger charge is -1.86. The Morgan fingerprint density at radius 2 is 2.20 bits per heavy atom. The predicted molar refractivity (Wildman–Crippen MR) is 38.8 cm³/mol. The minimum Gasteiger partial charge on any atom is -0.424 e. The fraction of sp³-hybridized carbons (Fsp3) is 0.500. The lowest BCUT2D eigenvalue weighted by atomic mass is 9.91. The van der Waals surface area contributed by atoms with E-state index in [4.69, 9.17) is 15.3 Å². The van der Waals surface area contributed by atoms with Gasteiger partial charge in [-0.05, 0) is 12.8 Å². The number of nitriles is 1. The van der Waals surface area contributed by atoms with Crippen molar-refractivity contribution in [1.82, 2.24) is 0 Å². The highest BCUT2D eigenvalue weighted by atomic mass is 16.4. The summed E-state index contributed by atoms with van der Waals surface area (Å²) in [5.41, 5.74) is 0. The van der Waals surface area contributed by atoms with Crippen LogP contribution < -0.4 is 0 Å². The molecule has 0 atom stereocenters. The molecule has 0 saturated heterocycles. The van der Waals surface area contributed by atoms with E-state index in [2.05, 4.69) is 0 Å². The third-order valence-corrected chi connectivity index (χ3v) is 0.968. The summed E-state index contributed by atoms with van der Waals surface area (Å²) in [7, 11) is -1.36. The fourth-order valence-electron chi connectivity index (χ4n) is 0.517. The Kier molecular flexibility index (Phi) is 5.84. The van der Waals surface area contributed by atoms with E-state index in [1.807, 2.05) is 6.07 Å². The SMILES string of the molecule is N#CCCCC=CB(O)O. The molecule has 0 bridgehead atoms. The smallest absolute Gasteiger partial charge is 0.424 e. The summed E-state index contributed by atoms with van der Waals surface area (Å²) in [6.45, 7) is 0. The van der Waals surface area contributed by atoms with Crippen molar-refractivity contribution < 1.29 is 10.0 Å². The zero-order valence-electron chi connectivity index (χ0n) is 5.70. The fourth-order valence-corrected chi connectivity index (χ4v) is 0.517. The first-order valence-electron chi connectivity index (χ1n) is 3.17. The molecule has 0 aliphatic rings. The summed E-state index contributed by atoms with van der Waals surface area (Å²) in [4.78, 5) is 0. The molecule has 0 aliphatic carbocycles. The van der Waals surface area contributed by atoms with Crippen LogP contribution in [0.15, 0.2) is 12.1 Å². The Hall–Kier alpha value is -0.785. The Morgan fingerprint density at radius 3 is 2.70 bits per heavy atom. The first-order valence-corrected chi connectivity index (χ1v) is 3.17. The minimum absolute atomic E-state index is 0.520. The number of hydrogen-bond donors (Lipinski definition) is 2. The van der Waals surface area contributed by atoms with Crippen molar-refractivity contribution in [3.05, 3.63) is 12.1 Å². The molecule has 0 aliphatic heterocycles. The molecule has 0 fully saturated rings. The first-order chi connectivity index (χ1) is 4.77. The highest BCUT2D eigenvalue weighted by molar-refractivity contribution is 6.47. The van der Waals surface area contributed by atoms with E-state index < -0.39 is 7.12 Å². The Balaban J connectivity index is 3.12. The van der Waals surface area contributed by atoms with Crippen LogP contribution in [0.3, 0.4) is 0 Å². The monoisotopic (exact) mass is 139 g/mol. The van der Waals surface area contributed by atoms with Crippen LogP contribution >= 0.6 is 0 Å². The highest BCUT2D eigenvalue weighted by Crippen LogP contribution is 1.94. The van der Waals surface area contributed by atoms with Crippen molar-refractivity contribution in [2.24, 2.45) is 0 Å². The normalized spacial score (nSPS) is 9.70. The first kappa shape index (κ1) is 9.21. The van der Waals surface area contributed by atoms with Crippen LogP contribution in [-0.2, 0) is 0 Å². The molecule has 0 aromatic carbocycles. The number of nitrogens with zero attached hydrogens (tertiary/aromatic N) is 1. The molecule has 10 heavy (non-hydrogen) atoms. The molecule has 3 nitrogen and oxygen atoms in total. The van der Waals surface area contributed by atoms with Gasteiger partial charge in [-0.1, -0.05) is 12.1 Å². The third kappa shape index (κ3) is 7.21. The maximum absolute atomic E-state index is 8.31. The lowest BCUT2D eigenvalue weighted by Crippen LogP contribution is -2.05. The van der Waals surface area contributed by atoms with E-state index in [0.29, 0.717) is 6.42 Å². The van der Waals surface area contributed by atoms with Gasteiger partial charge < -0.3 is 10.0 Å². The summed E-state index contributed by atoms with van der Waals surface area (Å²) < 4.78 is 0. The quantitative estimate of drug-likeness (QED) is 0.433. The van der Waals surface area contributed by atoms with Gasteiger partial charge in [-0.2, -0.15) is 5.26 Å². The third-order valence-electron chi connectivity index (χ3n) is 0.968. The van der Waals surface area contributed by atoms with Gasteiger partial charge in [-0.3, -0.25) is 0 Å². The average molecular weight is 139 g/mol. The molecule has 4 heteroatoms. The molecule has 0 saturated carbocycles. The largest absolute Gasteiger partial charge is 0.480 e. The van der Waals surface area contributed by atoms with Crippen molar-refractivity contribution in [3.8, 4) is 6.07 Å². The topological polar surface area (TPSA) is 64.2 Å². The van der Waals surface area contributed by atoms with Crippen LogP contribution in [0.1, 0.15) is 19.3 Å². The molecule has 0 aromatic heterocycles. The van der Waals surface area contributed by atoms with Gasteiger partial charge in [0.25, 0.3) is 0 Å². The second-order valence-electron chi connectivity index (χ2n) is 1.89. The molecule has 0 spiro atoms. The highest BCUT2D eigenvalue weighted by Gasteiger charge is 1.95. The van der Waals surface area contributed by atoms with Crippen LogP contribution in [0.25, 0.3) is 0 Å². The van der Waals surface area contributed by atoms with E-state index in [0.717, 1.165) is 12.8 Å². The maximum atomic E-state index is 8.31. The van der Waals surface area contributed by atoms with Gasteiger partial charge >= 0.3 is 7.12 Å². The van der Waals surface area contributed by atoms with Gasteiger partial charge in [-0.25, -0.2) is 0 Å². The van der Waals surface area contributed by atoms with Crippen LogP contribution in [0, 0.1) is 11.3 Å². The van der Waals surface area contributed by atoms with Crippen LogP contribution in [0.5, 0.6) is 0 Å². The van der Waals surface area contributed by atoms with Gasteiger partial charge in [0, 0.05) is 6.42 Å². The zero-order chi connectivity index (χ0) is 7.82. The Morgan fingerprint density at radius 1 is 1.50 bits per heavy atom. The summed E-state index contributed by atoms with van der Waals surface area (Å²) in [5, 5.41) is 24.7. The van der Waals surface area contributed by atoms with Crippen molar-refractivity contribution in [3.63, 3.8) is 0 Å². The van der Waals surface area contributed by atoms with Gasteiger partial charge in [0.15, 0.2) is 0 Å². The molecule has 0 rings (SSSR count). The molecule has 0 amide bonds. The van der Waals surface area contributed by atoms with Gasteiger partial charge in [0.2, 0.25) is 0 Å². The Labute approximate surface area is 60.7 Å². The van der Waals surface area contributed by atoms with Gasteiger partial charge in [0.1, 0.15) is 0 Å². The summed E-state index contributed by atoms with van der Waals surface area (Å²) in [6.07, 6.45) is 3.68. The summed E-state index contributed by atoms with van der Waals surface area (Å²) in [6, 6.07) is 2.00. The molecule has 0 heterocycles. The minimum atomic E-state index is -1.36. The second-order valence-corrected chi connectivity index (χ2v) is 1.89.